The van der Waals surface area contributed by atoms with E-state index in [4.69, 9.17) is 0 Å². The highest BCUT2D eigenvalue weighted by molar-refractivity contribution is 7.92. The Morgan fingerprint density at radius 3 is 2.52 bits per heavy atom. The van der Waals surface area contributed by atoms with E-state index in [0.29, 0.717) is 23.4 Å². The van der Waals surface area contributed by atoms with Crippen LogP contribution in [-0.2, 0) is 10.0 Å². The van der Waals surface area contributed by atoms with Gasteiger partial charge in [-0.3, -0.25) is 4.72 Å². The molecule has 0 saturated carbocycles. The number of amides is 2. The second-order valence-corrected chi connectivity index (χ2v) is 9.24. The molecule has 0 bridgehead atoms. The van der Waals surface area contributed by atoms with Crippen molar-refractivity contribution in [3.05, 3.63) is 23.8 Å². The maximum atomic E-state index is 12.8. The average Bonchev–Trinajstić information content (AvgIpc) is 2.76. The van der Waals surface area contributed by atoms with Crippen LogP contribution in [0.3, 0.4) is 0 Å². The number of anilines is 2. The Morgan fingerprint density at radius 2 is 1.96 bits per heavy atom. The molecule has 1 aromatic carbocycles. The fraction of sp³-hybridized carbons (Fsp3) is 0.611. The Bertz CT molecular complexity index is 744. The molecule has 2 amide bonds. The zero-order chi connectivity index (χ0) is 18.8. The normalized spacial score (nSPS) is 19.7. The van der Waals surface area contributed by atoms with Crippen molar-refractivity contribution in [2.24, 2.45) is 0 Å². The fourth-order valence-electron chi connectivity index (χ4n) is 3.43. The second kappa shape index (κ2) is 7.23. The number of benzene rings is 1. The molecule has 0 aliphatic carbocycles. The third-order valence-electron chi connectivity index (χ3n) is 4.80. The quantitative estimate of drug-likeness (QED) is 0.827. The minimum absolute atomic E-state index is 0.0719. The Hall–Kier alpha value is -1.76. The molecule has 1 saturated heterocycles. The predicted octanol–water partition coefficient (Wildman–Crippen LogP) is 3.94. The highest BCUT2D eigenvalue weighted by atomic mass is 32.2. The number of nitrogens with zero attached hydrogens (tertiary/aromatic N) is 1. The van der Waals surface area contributed by atoms with Gasteiger partial charge in [-0.25, -0.2) is 13.2 Å². The maximum Gasteiger partial charge on any atom is 0.322 e. The lowest BCUT2D eigenvalue weighted by atomic mass is 10.0. The van der Waals surface area contributed by atoms with Gasteiger partial charge in [0.25, 0.3) is 0 Å². The van der Waals surface area contributed by atoms with Crippen molar-refractivity contribution in [2.45, 2.75) is 65.5 Å². The number of hydrogen-bond donors (Lipinski definition) is 2. The van der Waals surface area contributed by atoms with E-state index in [0.717, 1.165) is 12.8 Å². The highest BCUT2D eigenvalue weighted by Crippen LogP contribution is 2.34. The Labute approximate surface area is 151 Å². The van der Waals surface area contributed by atoms with Crippen LogP contribution in [-0.4, -0.2) is 36.7 Å². The minimum atomic E-state index is -3.37. The van der Waals surface area contributed by atoms with Gasteiger partial charge in [0.1, 0.15) is 0 Å². The maximum absolute atomic E-state index is 12.8. The summed E-state index contributed by atoms with van der Waals surface area (Å²) < 4.78 is 26.6. The summed E-state index contributed by atoms with van der Waals surface area (Å²) in [6, 6.07) is 5.28. The van der Waals surface area contributed by atoms with Crippen molar-refractivity contribution in [1.29, 1.82) is 0 Å². The lowest BCUT2D eigenvalue weighted by Crippen LogP contribution is -2.48. The minimum Gasteiger partial charge on any atom is -0.317 e. The van der Waals surface area contributed by atoms with E-state index in [2.05, 4.69) is 30.8 Å². The number of carbonyl (C=O) groups is 1. The van der Waals surface area contributed by atoms with Crippen LogP contribution >= 0.6 is 0 Å². The van der Waals surface area contributed by atoms with E-state index in [-0.39, 0.29) is 23.4 Å². The number of likely N-dealkylation sites (tertiary alicyclic amines) is 1. The predicted molar refractivity (Wildman–Crippen MR) is 103 cm³/mol. The molecule has 2 N–H and O–H groups in total. The molecular formula is C18H29N3O3S. The molecule has 1 aromatic rings. The van der Waals surface area contributed by atoms with Gasteiger partial charge in [-0.1, -0.05) is 13.0 Å². The molecular weight excluding hydrogens is 338 g/mol. The molecule has 0 aromatic heterocycles. The Balaban J connectivity index is 2.21. The average molecular weight is 368 g/mol. The number of hydrogen-bond acceptors (Lipinski definition) is 3. The van der Waals surface area contributed by atoms with E-state index in [9.17, 15) is 13.2 Å². The van der Waals surface area contributed by atoms with Crippen LogP contribution in [0.15, 0.2) is 18.2 Å². The number of carbonyl (C=O) groups excluding carboxylic acids is 1. The summed E-state index contributed by atoms with van der Waals surface area (Å²) in [6.07, 6.45) is 2.50. The van der Waals surface area contributed by atoms with Gasteiger partial charge in [-0.15, -0.1) is 0 Å². The van der Waals surface area contributed by atoms with Gasteiger partial charge in [0.15, 0.2) is 0 Å². The molecule has 1 unspecified atom stereocenters. The molecule has 0 spiro atoms. The van der Waals surface area contributed by atoms with Gasteiger partial charge in [0, 0.05) is 17.3 Å². The zero-order valence-corrected chi connectivity index (χ0v) is 16.5. The summed E-state index contributed by atoms with van der Waals surface area (Å²) in [7, 11) is -3.37. The number of nitrogens with one attached hydrogen (secondary N) is 2. The highest BCUT2D eigenvalue weighted by Gasteiger charge is 2.40. The summed E-state index contributed by atoms with van der Waals surface area (Å²) in [4.78, 5) is 14.6. The molecule has 1 aliphatic heterocycles. The summed E-state index contributed by atoms with van der Waals surface area (Å²) in [5.41, 5.74) is 1.65. The monoisotopic (exact) mass is 367 g/mol. The smallest absolute Gasteiger partial charge is 0.317 e. The van der Waals surface area contributed by atoms with Crippen molar-refractivity contribution < 1.29 is 13.2 Å². The number of rotatable bonds is 5. The first kappa shape index (κ1) is 19.6. The van der Waals surface area contributed by atoms with Gasteiger partial charge in [-0.2, -0.15) is 0 Å². The number of sulfonamides is 1. The van der Waals surface area contributed by atoms with Crippen LogP contribution in [0.25, 0.3) is 0 Å². The van der Waals surface area contributed by atoms with E-state index in [1.165, 1.54) is 0 Å². The lowest BCUT2D eigenvalue weighted by molar-refractivity contribution is 0.158. The largest absolute Gasteiger partial charge is 0.322 e. The van der Waals surface area contributed by atoms with Gasteiger partial charge in [0.2, 0.25) is 10.0 Å². The second-order valence-electron chi connectivity index (χ2n) is 7.40. The standard InChI is InChI=1S/C18H29N3O3S/c1-6-12-25(23,24)20-16-9-7-8-15(14(16)3)19-17(22)21-13(2)10-11-18(21,4)5/h7-9,13,20H,6,10-12H2,1-5H3,(H,19,22). The van der Waals surface area contributed by atoms with Gasteiger partial charge < -0.3 is 10.2 Å². The van der Waals surface area contributed by atoms with Crippen LogP contribution in [0.1, 0.15) is 52.5 Å². The Kier molecular flexibility index (Phi) is 5.66. The summed E-state index contributed by atoms with van der Waals surface area (Å²) in [5.74, 6) is 0.0719. The van der Waals surface area contributed by atoms with Crippen LogP contribution in [0.5, 0.6) is 0 Å². The first-order valence-corrected chi connectivity index (χ1v) is 10.4. The molecule has 140 valence electrons. The SMILES string of the molecule is CCCS(=O)(=O)Nc1cccc(NC(=O)N2C(C)CCC2(C)C)c1C. The summed E-state index contributed by atoms with van der Waals surface area (Å²) in [5, 5.41) is 2.95. The van der Waals surface area contributed by atoms with Crippen molar-refractivity contribution >= 4 is 27.4 Å². The zero-order valence-electron chi connectivity index (χ0n) is 15.7. The van der Waals surface area contributed by atoms with Crippen LogP contribution in [0.4, 0.5) is 16.2 Å². The molecule has 0 radical (unpaired) electrons. The first-order chi connectivity index (χ1) is 11.6. The van der Waals surface area contributed by atoms with Crippen molar-refractivity contribution in [2.75, 3.05) is 15.8 Å². The summed E-state index contributed by atoms with van der Waals surface area (Å²) >= 11 is 0. The summed E-state index contributed by atoms with van der Waals surface area (Å²) in [6.45, 7) is 9.81. The van der Waals surface area contributed by atoms with Gasteiger partial charge >= 0.3 is 6.03 Å². The molecule has 25 heavy (non-hydrogen) atoms. The van der Waals surface area contributed by atoms with E-state index in [1.54, 1.807) is 25.1 Å². The molecule has 1 heterocycles. The molecule has 1 aliphatic rings. The first-order valence-electron chi connectivity index (χ1n) is 8.78. The van der Waals surface area contributed by atoms with Crippen LogP contribution < -0.4 is 10.0 Å². The van der Waals surface area contributed by atoms with Crippen LogP contribution in [0, 0.1) is 6.92 Å². The molecule has 7 heteroatoms. The number of urea groups is 1. The molecule has 6 nitrogen and oxygen atoms in total. The van der Waals surface area contributed by atoms with Gasteiger partial charge in [0.05, 0.1) is 11.4 Å². The molecule has 2 rings (SSSR count). The van der Waals surface area contributed by atoms with Crippen molar-refractivity contribution in [3.63, 3.8) is 0 Å². The van der Waals surface area contributed by atoms with E-state index in [1.807, 2.05) is 11.8 Å². The third-order valence-corrected chi connectivity index (χ3v) is 6.28. The van der Waals surface area contributed by atoms with E-state index < -0.39 is 10.0 Å². The molecule has 1 fully saturated rings. The third kappa shape index (κ3) is 4.45. The molecule has 1 atom stereocenters. The topological polar surface area (TPSA) is 78.5 Å². The van der Waals surface area contributed by atoms with Crippen LogP contribution in [0.2, 0.25) is 0 Å². The van der Waals surface area contributed by atoms with Crippen molar-refractivity contribution in [3.8, 4) is 0 Å². The van der Waals surface area contributed by atoms with Gasteiger partial charge in [-0.05, 0) is 64.7 Å². The fourth-order valence-corrected chi connectivity index (χ4v) is 4.62. The Morgan fingerprint density at radius 1 is 1.32 bits per heavy atom. The van der Waals surface area contributed by atoms with Crippen molar-refractivity contribution in [1.82, 2.24) is 4.90 Å². The lowest BCUT2D eigenvalue weighted by Gasteiger charge is -2.34. The van der Waals surface area contributed by atoms with E-state index >= 15 is 0 Å².